The van der Waals surface area contributed by atoms with E-state index >= 15 is 0 Å². The molecule has 5 heteroatoms. The zero-order valence-corrected chi connectivity index (χ0v) is 13.0. The second-order valence-corrected chi connectivity index (χ2v) is 6.80. The summed E-state index contributed by atoms with van der Waals surface area (Å²) in [7, 11) is 0. The molecular weight excluding hydrogens is 282 g/mol. The van der Waals surface area contributed by atoms with Crippen molar-refractivity contribution >= 4 is 17.2 Å². The zero-order valence-electron chi connectivity index (χ0n) is 12.2. The van der Waals surface area contributed by atoms with Gasteiger partial charge in [0.05, 0.1) is 12.3 Å². The third-order valence-corrected chi connectivity index (χ3v) is 5.73. The largest absolute Gasteiger partial charge is 0.369 e. The van der Waals surface area contributed by atoms with Gasteiger partial charge >= 0.3 is 0 Å². The van der Waals surface area contributed by atoms with Gasteiger partial charge in [-0.25, -0.2) is 0 Å². The van der Waals surface area contributed by atoms with Crippen LogP contribution in [-0.4, -0.2) is 29.9 Å². The van der Waals surface area contributed by atoms with Crippen molar-refractivity contribution in [1.29, 1.82) is 0 Å². The van der Waals surface area contributed by atoms with Crippen LogP contribution in [0.1, 0.15) is 29.0 Å². The van der Waals surface area contributed by atoms with E-state index in [4.69, 9.17) is 4.74 Å². The first-order chi connectivity index (χ1) is 10.3. The van der Waals surface area contributed by atoms with Gasteiger partial charge in [-0.3, -0.25) is 0 Å². The molecule has 2 aliphatic heterocycles. The van der Waals surface area contributed by atoms with Gasteiger partial charge in [-0.2, -0.15) is 5.10 Å². The summed E-state index contributed by atoms with van der Waals surface area (Å²) in [5, 5.41) is 10.7. The lowest BCUT2D eigenvalue weighted by Gasteiger charge is -2.44. The molecule has 2 aromatic heterocycles. The van der Waals surface area contributed by atoms with Crippen LogP contribution >= 0.6 is 11.3 Å². The summed E-state index contributed by atoms with van der Waals surface area (Å²) in [6.45, 7) is 4.79. The Balaban J connectivity index is 1.54. The number of hydrogen-bond acceptors (Lipinski definition) is 5. The summed E-state index contributed by atoms with van der Waals surface area (Å²) in [6.07, 6.45) is 3.14. The molecule has 0 amide bonds. The zero-order chi connectivity index (χ0) is 14.3. The molecule has 0 saturated carbocycles. The maximum absolute atomic E-state index is 6.24. The van der Waals surface area contributed by atoms with Gasteiger partial charge in [0.25, 0.3) is 0 Å². The van der Waals surface area contributed by atoms with E-state index < -0.39 is 0 Å². The Morgan fingerprint density at radius 3 is 2.81 bits per heavy atom. The minimum Gasteiger partial charge on any atom is -0.369 e. The predicted molar refractivity (Wildman–Crippen MR) is 83.9 cm³/mol. The lowest BCUT2D eigenvalue weighted by Crippen LogP contribution is -2.46. The number of anilines is 1. The molecule has 2 aliphatic rings. The Bertz CT molecular complexity index is 629. The van der Waals surface area contributed by atoms with E-state index in [1.54, 1.807) is 0 Å². The van der Waals surface area contributed by atoms with Crippen molar-refractivity contribution in [2.24, 2.45) is 0 Å². The van der Waals surface area contributed by atoms with E-state index in [0.717, 1.165) is 50.5 Å². The van der Waals surface area contributed by atoms with Crippen LogP contribution in [0.5, 0.6) is 0 Å². The number of fused-ring (bicyclic) bond motifs is 2. The molecule has 110 valence electrons. The lowest BCUT2D eigenvalue weighted by molar-refractivity contribution is -0.0735. The van der Waals surface area contributed by atoms with Gasteiger partial charge in [0, 0.05) is 18.0 Å². The molecule has 0 N–H and O–H groups in total. The number of rotatable bonds is 1. The first kappa shape index (κ1) is 13.2. The van der Waals surface area contributed by atoms with Crippen molar-refractivity contribution in [3.8, 4) is 0 Å². The first-order valence-electron chi connectivity index (χ1n) is 7.53. The minimum absolute atomic E-state index is 0.0453. The summed E-state index contributed by atoms with van der Waals surface area (Å²) in [5.41, 5.74) is 2.41. The average Bonchev–Trinajstić information content (AvgIpc) is 3.00. The second kappa shape index (κ2) is 5.07. The predicted octanol–water partition coefficient (Wildman–Crippen LogP) is 2.91. The van der Waals surface area contributed by atoms with Crippen LogP contribution in [0.2, 0.25) is 0 Å². The number of aryl methyl sites for hydroxylation is 1. The molecule has 4 nitrogen and oxygen atoms in total. The van der Waals surface area contributed by atoms with Crippen LogP contribution in [0.15, 0.2) is 23.6 Å². The van der Waals surface area contributed by atoms with Gasteiger partial charge in [-0.15, -0.1) is 16.4 Å². The smallest absolute Gasteiger partial charge is 0.151 e. The minimum atomic E-state index is -0.0453. The fourth-order valence-electron chi connectivity index (χ4n) is 3.38. The van der Waals surface area contributed by atoms with Crippen LogP contribution in [0.25, 0.3) is 0 Å². The normalized spacial score (nSPS) is 20.5. The maximum atomic E-state index is 6.24. The molecule has 4 rings (SSSR count). The summed E-state index contributed by atoms with van der Waals surface area (Å²) >= 11 is 1.86. The monoisotopic (exact) mass is 301 g/mol. The molecular formula is C16H19N3OS. The number of thiophene rings is 1. The summed E-state index contributed by atoms with van der Waals surface area (Å²) < 4.78 is 6.24. The van der Waals surface area contributed by atoms with Crippen molar-refractivity contribution in [1.82, 2.24) is 10.2 Å². The van der Waals surface area contributed by atoms with Gasteiger partial charge in [-0.1, -0.05) is 0 Å². The lowest BCUT2D eigenvalue weighted by atomic mass is 9.85. The topological polar surface area (TPSA) is 38.2 Å². The maximum Gasteiger partial charge on any atom is 0.151 e. The summed E-state index contributed by atoms with van der Waals surface area (Å²) in [5.74, 6) is 0.984. The molecule has 0 aromatic carbocycles. The molecule has 21 heavy (non-hydrogen) atoms. The Labute approximate surface area is 128 Å². The number of ether oxygens (including phenoxy) is 1. The molecule has 1 saturated heterocycles. The SMILES string of the molecule is Cc1ccc(N2CCC3(CC2)OCCc2ccsc23)nn1. The third kappa shape index (κ3) is 2.24. The molecule has 2 aromatic rings. The van der Waals surface area contributed by atoms with Crippen molar-refractivity contribution in [2.45, 2.75) is 31.8 Å². The number of nitrogens with zero attached hydrogens (tertiary/aromatic N) is 3. The Morgan fingerprint density at radius 1 is 1.19 bits per heavy atom. The molecule has 0 aliphatic carbocycles. The number of piperidine rings is 1. The Hall–Kier alpha value is -1.46. The molecule has 0 unspecified atom stereocenters. The van der Waals surface area contributed by atoms with E-state index in [0.29, 0.717) is 0 Å². The van der Waals surface area contributed by atoms with Crippen molar-refractivity contribution in [2.75, 3.05) is 24.6 Å². The van der Waals surface area contributed by atoms with Crippen LogP contribution in [0.3, 0.4) is 0 Å². The van der Waals surface area contributed by atoms with Gasteiger partial charge in [0.2, 0.25) is 0 Å². The molecule has 0 radical (unpaired) electrons. The fourth-order valence-corrected chi connectivity index (χ4v) is 4.55. The van der Waals surface area contributed by atoms with Crippen molar-refractivity contribution in [3.63, 3.8) is 0 Å². The van der Waals surface area contributed by atoms with Crippen molar-refractivity contribution < 1.29 is 4.74 Å². The van der Waals surface area contributed by atoms with E-state index in [2.05, 4.69) is 32.6 Å². The highest BCUT2D eigenvalue weighted by Gasteiger charge is 2.41. The van der Waals surface area contributed by atoms with Crippen LogP contribution in [0.4, 0.5) is 5.82 Å². The quantitative estimate of drug-likeness (QED) is 0.812. The fraction of sp³-hybridized carbons (Fsp3) is 0.500. The van der Waals surface area contributed by atoms with Gasteiger partial charge in [0.1, 0.15) is 5.60 Å². The van der Waals surface area contributed by atoms with Crippen LogP contribution in [-0.2, 0) is 16.8 Å². The highest BCUT2D eigenvalue weighted by molar-refractivity contribution is 7.10. The second-order valence-electron chi connectivity index (χ2n) is 5.89. The molecule has 1 spiro atoms. The molecule has 0 bridgehead atoms. The van der Waals surface area contributed by atoms with Crippen LogP contribution < -0.4 is 4.90 Å². The standard InChI is InChI=1S/C16H19N3OS/c1-12-2-3-14(18-17-12)19-8-6-16(7-9-19)15-13(4-10-20-16)5-11-21-15/h2-3,5,11H,4,6-10H2,1H3. The van der Waals surface area contributed by atoms with Gasteiger partial charge in [-0.05, 0) is 55.3 Å². The number of hydrogen-bond donors (Lipinski definition) is 0. The highest BCUT2D eigenvalue weighted by Crippen LogP contribution is 2.44. The first-order valence-corrected chi connectivity index (χ1v) is 8.41. The van der Waals surface area contributed by atoms with E-state index in [1.165, 1.54) is 10.4 Å². The third-order valence-electron chi connectivity index (χ3n) is 4.59. The molecule has 0 atom stereocenters. The number of aromatic nitrogens is 2. The van der Waals surface area contributed by atoms with E-state index in [1.807, 2.05) is 24.3 Å². The highest BCUT2D eigenvalue weighted by atomic mass is 32.1. The average molecular weight is 301 g/mol. The molecule has 1 fully saturated rings. The Morgan fingerprint density at radius 2 is 2.05 bits per heavy atom. The van der Waals surface area contributed by atoms with E-state index in [9.17, 15) is 0 Å². The van der Waals surface area contributed by atoms with Gasteiger partial charge < -0.3 is 9.64 Å². The summed E-state index contributed by atoms with van der Waals surface area (Å²) in [6, 6.07) is 6.36. The Kier molecular flexibility index (Phi) is 3.19. The van der Waals surface area contributed by atoms with Crippen molar-refractivity contribution in [3.05, 3.63) is 39.7 Å². The molecule has 4 heterocycles. The summed E-state index contributed by atoms with van der Waals surface area (Å²) in [4.78, 5) is 3.78. The van der Waals surface area contributed by atoms with Gasteiger partial charge in [0.15, 0.2) is 5.82 Å². The van der Waals surface area contributed by atoms with Crippen LogP contribution in [0, 0.1) is 6.92 Å². The van der Waals surface area contributed by atoms with E-state index in [-0.39, 0.29) is 5.60 Å².